The summed E-state index contributed by atoms with van der Waals surface area (Å²) in [4.78, 5) is 22.8. The van der Waals surface area contributed by atoms with Gasteiger partial charge in [-0.2, -0.15) is 5.26 Å². The van der Waals surface area contributed by atoms with E-state index in [4.69, 9.17) is 10.00 Å². The van der Waals surface area contributed by atoms with Crippen molar-refractivity contribution in [3.8, 4) is 6.07 Å². The Morgan fingerprint density at radius 1 is 1.75 bits per heavy atom. The van der Waals surface area contributed by atoms with Crippen LogP contribution in [0.3, 0.4) is 0 Å². The van der Waals surface area contributed by atoms with Crippen molar-refractivity contribution in [2.45, 2.75) is 25.7 Å². The molecule has 4 heteroatoms. The molecule has 0 heterocycles. The minimum absolute atomic E-state index is 0.109. The lowest BCUT2D eigenvalue weighted by Crippen LogP contribution is -2.29. The maximum Gasteiger partial charge on any atom is 0.323 e. The molecule has 4 nitrogen and oxygen atoms in total. The van der Waals surface area contributed by atoms with Crippen molar-refractivity contribution in [2.24, 2.45) is 11.8 Å². The summed E-state index contributed by atoms with van der Waals surface area (Å²) >= 11 is 0. The van der Waals surface area contributed by atoms with Crippen LogP contribution in [0.15, 0.2) is 12.7 Å². The van der Waals surface area contributed by atoms with Gasteiger partial charge in [-0.3, -0.25) is 9.59 Å². The molecule has 0 N–H and O–H groups in total. The molecule has 1 rings (SSSR count). The van der Waals surface area contributed by atoms with Gasteiger partial charge in [0, 0.05) is 12.8 Å². The Hall–Kier alpha value is -1.63. The molecule has 86 valence electrons. The van der Waals surface area contributed by atoms with Crippen molar-refractivity contribution in [3.63, 3.8) is 0 Å². The first-order valence-corrected chi connectivity index (χ1v) is 5.38. The number of carbonyl (C=O) groups excluding carboxylic acids is 2. The molecule has 0 saturated heterocycles. The Balaban J connectivity index is 2.59. The molecular weight excluding hydrogens is 206 g/mol. The van der Waals surface area contributed by atoms with Crippen LogP contribution in [0.5, 0.6) is 0 Å². The maximum absolute atomic E-state index is 11.5. The lowest BCUT2D eigenvalue weighted by Gasteiger charge is -2.23. The summed E-state index contributed by atoms with van der Waals surface area (Å²) in [5.74, 6) is -1.40. The Labute approximate surface area is 94.9 Å². The van der Waals surface area contributed by atoms with Gasteiger partial charge in [-0.05, 0) is 18.8 Å². The van der Waals surface area contributed by atoms with E-state index in [0.717, 1.165) is 12.8 Å². The van der Waals surface area contributed by atoms with E-state index >= 15 is 0 Å². The minimum atomic E-state index is -0.816. The molecule has 1 fully saturated rings. The third-order valence-electron chi connectivity index (χ3n) is 2.73. The number of esters is 1. The number of Topliss-reactive ketones (excluding diaryl/α,β-unsaturated/α-hetero) is 1. The molecular formula is C12H15NO3. The first-order chi connectivity index (χ1) is 7.69. The number of nitriles is 1. The van der Waals surface area contributed by atoms with Crippen molar-refractivity contribution in [1.29, 1.82) is 5.26 Å². The summed E-state index contributed by atoms with van der Waals surface area (Å²) in [5.41, 5.74) is 0. The SMILES string of the molecule is C=CCOC(=O)C(C#N)C1CCCC(=O)C1. The standard InChI is InChI=1S/C12H15NO3/c1-2-6-16-12(15)11(8-13)9-4-3-5-10(14)7-9/h2,9,11H,1,3-7H2. The van der Waals surface area contributed by atoms with Gasteiger partial charge in [0.15, 0.2) is 0 Å². The Morgan fingerprint density at radius 2 is 2.50 bits per heavy atom. The third kappa shape index (κ3) is 3.20. The highest BCUT2D eigenvalue weighted by Gasteiger charge is 2.33. The number of hydrogen-bond donors (Lipinski definition) is 0. The molecule has 1 aliphatic rings. The van der Waals surface area contributed by atoms with Crippen LogP contribution in [0.4, 0.5) is 0 Å². The number of nitrogens with zero attached hydrogens (tertiary/aromatic N) is 1. The minimum Gasteiger partial charge on any atom is -0.460 e. The van der Waals surface area contributed by atoms with Gasteiger partial charge in [0.1, 0.15) is 18.3 Å². The van der Waals surface area contributed by atoms with Gasteiger partial charge in [-0.15, -0.1) is 0 Å². The van der Waals surface area contributed by atoms with E-state index < -0.39 is 11.9 Å². The van der Waals surface area contributed by atoms with Gasteiger partial charge in [0.05, 0.1) is 6.07 Å². The fraction of sp³-hybridized carbons (Fsp3) is 0.583. The van der Waals surface area contributed by atoms with E-state index in [-0.39, 0.29) is 18.3 Å². The second-order valence-corrected chi connectivity index (χ2v) is 3.92. The Bertz CT molecular complexity index is 330. The largest absolute Gasteiger partial charge is 0.460 e. The first-order valence-electron chi connectivity index (χ1n) is 5.38. The molecule has 2 atom stereocenters. The highest BCUT2D eigenvalue weighted by Crippen LogP contribution is 2.28. The van der Waals surface area contributed by atoms with E-state index in [1.165, 1.54) is 6.08 Å². The molecule has 16 heavy (non-hydrogen) atoms. The second-order valence-electron chi connectivity index (χ2n) is 3.92. The highest BCUT2D eigenvalue weighted by atomic mass is 16.5. The molecule has 0 aliphatic heterocycles. The molecule has 1 saturated carbocycles. The normalized spacial score (nSPS) is 21.9. The average molecular weight is 221 g/mol. The fourth-order valence-electron chi connectivity index (χ4n) is 1.92. The van der Waals surface area contributed by atoms with Crippen molar-refractivity contribution >= 4 is 11.8 Å². The van der Waals surface area contributed by atoms with E-state index in [9.17, 15) is 9.59 Å². The van der Waals surface area contributed by atoms with E-state index in [1.54, 1.807) is 0 Å². The Kier molecular flexibility index (Phi) is 4.71. The predicted octanol–water partition coefficient (Wildman–Crippen LogP) is 1.61. The maximum atomic E-state index is 11.5. The van der Waals surface area contributed by atoms with Gasteiger partial charge in [0.2, 0.25) is 0 Å². The fourth-order valence-corrected chi connectivity index (χ4v) is 1.92. The molecule has 1 aliphatic carbocycles. The summed E-state index contributed by atoms with van der Waals surface area (Å²) in [6.45, 7) is 3.54. The van der Waals surface area contributed by atoms with Crippen LogP contribution in [0, 0.1) is 23.2 Å². The van der Waals surface area contributed by atoms with Crippen LogP contribution in [0.1, 0.15) is 25.7 Å². The zero-order chi connectivity index (χ0) is 12.0. The van der Waals surface area contributed by atoms with E-state index in [0.29, 0.717) is 12.8 Å². The molecule has 0 bridgehead atoms. The quantitative estimate of drug-likeness (QED) is 0.534. The molecule has 0 radical (unpaired) electrons. The first kappa shape index (κ1) is 12.4. The Morgan fingerprint density at radius 3 is 3.06 bits per heavy atom. The summed E-state index contributed by atoms with van der Waals surface area (Å²) in [6, 6.07) is 1.94. The zero-order valence-electron chi connectivity index (χ0n) is 9.15. The molecule has 0 amide bonds. The topological polar surface area (TPSA) is 67.2 Å². The summed E-state index contributed by atoms with van der Waals surface area (Å²) < 4.78 is 4.84. The lowest BCUT2D eigenvalue weighted by atomic mass is 9.80. The zero-order valence-corrected chi connectivity index (χ0v) is 9.15. The van der Waals surface area contributed by atoms with Crippen LogP contribution in [-0.4, -0.2) is 18.4 Å². The summed E-state index contributed by atoms with van der Waals surface area (Å²) in [7, 11) is 0. The molecule has 0 spiro atoms. The van der Waals surface area contributed by atoms with Gasteiger partial charge < -0.3 is 4.74 Å². The van der Waals surface area contributed by atoms with Crippen molar-refractivity contribution in [3.05, 3.63) is 12.7 Å². The van der Waals surface area contributed by atoms with Crippen molar-refractivity contribution in [2.75, 3.05) is 6.61 Å². The molecule has 0 aromatic rings. The summed E-state index contributed by atoms with van der Waals surface area (Å²) in [6.07, 6.45) is 3.85. The van der Waals surface area contributed by atoms with E-state index in [2.05, 4.69) is 6.58 Å². The second kappa shape index (κ2) is 6.06. The lowest BCUT2D eigenvalue weighted by molar-refractivity contribution is -0.147. The summed E-state index contributed by atoms with van der Waals surface area (Å²) in [5, 5.41) is 8.95. The monoisotopic (exact) mass is 221 g/mol. The number of ether oxygens (including phenoxy) is 1. The average Bonchev–Trinajstić information content (AvgIpc) is 2.27. The van der Waals surface area contributed by atoms with Gasteiger partial charge in [-0.25, -0.2) is 0 Å². The number of ketones is 1. The molecule has 0 aromatic carbocycles. The van der Waals surface area contributed by atoms with Crippen molar-refractivity contribution in [1.82, 2.24) is 0 Å². The van der Waals surface area contributed by atoms with Crippen LogP contribution < -0.4 is 0 Å². The predicted molar refractivity (Wildman–Crippen MR) is 57.2 cm³/mol. The number of rotatable bonds is 4. The number of carbonyl (C=O) groups is 2. The molecule has 2 unspecified atom stereocenters. The highest BCUT2D eigenvalue weighted by molar-refractivity contribution is 5.81. The molecule has 0 aromatic heterocycles. The van der Waals surface area contributed by atoms with Crippen LogP contribution in [0.2, 0.25) is 0 Å². The number of hydrogen-bond acceptors (Lipinski definition) is 4. The smallest absolute Gasteiger partial charge is 0.323 e. The third-order valence-corrected chi connectivity index (χ3v) is 2.73. The van der Waals surface area contributed by atoms with Crippen molar-refractivity contribution < 1.29 is 14.3 Å². The van der Waals surface area contributed by atoms with Crippen LogP contribution in [0.25, 0.3) is 0 Å². The van der Waals surface area contributed by atoms with Gasteiger partial charge in [-0.1, -0.05) is 12.7 Å². The van der Waals surface area contributed by atoms with Gasteiger partial charge in [0.25, 0.3) is 0 Å². The van der Waals surface area contributed by atoms with Crippen LogP contribution in [-0.2, 0) is 14.3 Å². The van der Waals surface area contributed by atoms with E-state index in [1.807, 2.05) is 6.07 Å². The van der Waals surface area contributed by atoms with Gasteiger partial charge >= 0.3 is 5.97 Å². The van der Waals surface area contributed by atoms with Crippen LogP contribution >= 0.6 is 0 Å².